The number of methoxy groups -OCH3 is 1. The number of nitrogens with one attached hydrogen (secondary N) is 1. The van der Waals surface area contributed by atoms with E-state index < -0.39 is 5.97 Å². The molecule has 0 fully saturated rings. The Balaban J connectivity index is 1.49. The second kappa shape index (κ2) is 10.1. The van der Waals surface area contributed by atoms with Gasteiger partial charge in [-0.25, -0.2) is 0 Å². The minimum Gasteiger partial charge on any atom is -0.497 e. The molecule has 29 heavy (non-hydrogen) atoms. The third kappa shape index (κ3) is 5.94. The second-order valence-corrected chi connectivity index (χ2v) is 6.47. The van der Waals surface area contributed by atoms with Crippen molar-refractivity contribution in [1.82, 2.24) is 0 Å². The van der Waals surface area contributed by atoms with E-state index >= 15 is 0 Å². The van der Waals surface area contributed by atoms with Crippen molar-refractivity contribution in [2.45, 2.75) is 12.8 Å². The molecule has 0 saturated heterocycles. The van der Waals surface area contributed by atoms with Crippen LogP contribution in [-0.4, -0.2) is 25.6 Å². The van der Waals surface area contributed by atoms with Crippen molar-refractivity contribution in [3.63, 3.8) is 0 Å². The van der Waals surface area contributed by atoms with E-state index in [1.165, 1.54) is 0 Å². The zero-order chi connectivity index (χ0) is 20.5. The molecule has 0 aromatic heterocycles. The number of rotatable bonds is 8. The number of hydrogen-bond acceptors (Lipinski definition) is 4. The maximum absolute atomic E-state index is 12.2. The largest absolute Gasteiger partial charge is 0.497 e. The number of anilines is 1. The molecule has 0 aliphatic heterocycles. The highest BCUT2D eigenvalue weighted by Gasteiger charge is 2.11. The molecule has 0 heterocycles. The van der Waals surface area contributed by atoms with Crippen molar-refractivity contribution >= 4 is 17.6 Å². The summed E-state index contributed by atoms with van der Waals surface area (Å²) < 4.78 is 10.2. The molecule has 3 aromatic rings. The quantitative estimate of drug-likeness (QED) is 0.577. The van der Waals surface area contributed by atoms with Crippen LogP contribution in [0.4, 0.5) is 5.69 Å². The first kappa shape index (κ1) is 20.1. The summed E-state index contributed by atoms with van der Waals surface area (Å²) in [6.45, 7) is -0.315. The Bertz CT molecular complexity index is 952. The number of carbonyl (C=O) groups is 2. The van der Waals surface area contributed by atoms with Gasteiger partial charge in [-0.2, -0.15) is 0 Å². The van der Waals surface area contributed by atoms with Crippen LogP contribution in [0.1, 0.15) is 12.0 Å². The predicted octanol–water partition coefficient (Wildman–Crippen LogP) is 4.48. The summed E-state index contributed by atoms with van der Waals surface area (Å²) >= 11 is 0. The molecule has 0 atom stereocenters. The number of ether oxygens (including phenoxy) is 2. The molecule has 1 amide bonds. The van der Waals surface area contributed by atoms with Gasteiger partial charge in [0.05, 0.1) is 7.11 Å². The molecule has 5 heteroatoms. The van der Waals surface area contributed by atoms with E-state index in [1.807, 2.05) is 78.9 Å². The Morgan fingerprint density at radius 2 is 1.55 bits per heavy atom. The summed E-state index contributed by atoms with van der Waals surface area (Å²) in [4.78, 5) is 24.2. The molecular formula is C24H23NO4. The summed E-state index contributed by atoms with van der Waals surface area (Å²) in [5.74, 6) is -0.0118. The Morgan fingerprint density at radius 1 is 0.862 bits per heavy atom. The molecule has 3 aromatic carbocycles. The molecule has 0 saturated carbocycles. The van der Waals surface area contributed by atoms with Gasteiger partial charge in [-0.15, -0.1) is 0 Å². The average molecular weight is 389 g/mol. The number of esters is 1. The Hall–Kier alpha value is -3.60. The van der Waals surface area contributed by atoms with Gasteiger partial charge in [0, 0.05) is 17.7 Å². The highest BCUT2D eigenvalue weighted by atomic mass is 16.5. The lowest BCUT2D eigenvalue weighted by atomic mass is 10.0. The van der Waals surface area contributed by atoms with Crippen LogP contribution in [0.3, 0.4) is 0 Å². The summed E-state index contributed by atoms with van der Waals surface area (Å²) in [6, 6.07) is 24.8. The lowest BCUT2D eigenvalue weighted by Gasteiger charge is -2.11. The zero-order valence-corrected chi connectivity index (χ0v) is 16.3. The fourth-order valence-corrected chi connectivity index (χ4v) is 2.90. The Kier molecular flexibility index (Phi) is 7.00. The molecule has 0 aliphatic carbocycles. The van der Waals surface area contributed by atoms with E-state index in [9.17, 15) is 9.59 Å². The molecule has 5 nitrogen and oxygen atoms in total. The normalized spacial score (nSPS) is 10.2. The minimum absolute atomic E-state index is 0.209. The van der Waals surface area contributed by atoms with Gasteiger partial charge in [-0.1, -0.05) is 60.7 Å². The van der Waals surface area contributed by atoms with E-state index in [2.05, 4.69) is 5.32 Å². The molecule has 0 unspecified atom stereocenters. The number of benzene rings is 3. The van der Waals surface area contributed by atoms with E-state index in [-0.39, 0.29) is 18.9 Å². The van der Waals surface area contributed by atoms with Gasteiger partial charge in [-0.05, 0) is 35.7 Å². The van der Waals surface area contributed by atoms with Crippen LogP contribution in [0.15, 0.2) is 78.9 Å². The third-order valence-electron chi connectivity index (χ3n) is 4.43. The van der Waals surface area contributed by atoms with Crippen molar-refractivity contribution in [2.24, 2.45) is 0 Å². The highest BCUT2D eigenvalue weighted by Crippen LogP contribution is 2.27. The molecule has 0 aliphatic rings. The molecular weight excluding hydrogens is 366 g/mol. The Labute approximate surface area is 170 Å². The second-order valence-electron chi connectivity index (χ2n) is 6.47. The van der Waals surface area contributed by atoms with Gasteiger partial charge >= 0.3 is 5.97 Å². The van der Waals surface area contributed by atoms with Gasteiger partial charge in [0.25, 0.3) is 5.91 Å². The van der Waals surface area contributed by atoms with Gasteiger partial charge in [0.1, 0.15) is 5.75 Å². The smallest absolute Gasteiger partial charge is 0.306 e. The van der Waals surface area contributed by atoms with Crippen LogP contribution < -0.4 is 10.1 Å². The van der Waals surface area contributed by atoms with Crippen molar-refractivity contribution in [3.05, 3.63) is 84.4 Å². The van der Waals surface area contributed by atoms with Crippen molar-refractivity contribution < 1.29 is 19.1 Å². The highest BCUT2D eigenvalue weighted by molar-refractivity contribution is 5.96. The van der Waals surface area contributed by atoms with Crippen LogP contribution in [0.2, 0.25) is 0 Å². The average Bonchev–Trinajstić information content (AvgIpc) is 2.77. The van der Waals surface area contributed by atoms with Gasteiger partial charge in [-0.3, -0.25) is 9.59 Å². The van der Waals surface area contributed by atoms with Crippen molar-refractivity contribution in [1.29, 1.82) is 0 Å². The first-order valence-electron chi connectivity index (χ1n) is 9.38. The van der Waals surface area contributed by atoms with E-state index in [1.54, 1.807) is 7.11 Å². The maximum atomic E-state index is 12.2. The van der Waals surface area contributed by atoms with E-state index in [4.69, 9.17) is 9.47 Å². The monoisotopic (exact) mass is 389 g/mol. The molecule has 0 spiro atoms. The van der Waals surface area contributed by atoms with Crippen LogP contribution in [0, 0.1) is 0 Å². The SMILES string of the molecule is COc1ccc(CCC(=O)OCC(=O)Nc2ccccc2-c2ccccc2)cc1. The minimum atomic E-state index is -0.410. The maximum Gasteiger partial charge on any atom is 0.306 e. The molecule has 1 N–H and O–H groups in total. The zero-order valence-electron chi connectivity index (χ0n) is 16.3. The first-order valence-corrected chi connectivity index (χ1v) is 9.38. The molecule has 0 bridgehead atoms. The molecule has 148 valence electrons. The molecule has 3 rings (SSSR count). The van der Waals surface area contributed by atoms with Gasteiger partial charge < -0.3 is 14.8 Å². The van der Waals surface area contributed by atoms with Crippen LogP contribution in [0.25, 0.3) is 11.1 Å². The first-order chi connectivity index (χ1) is 14.2. The fourth-order valence-electron chi connectivity index (χ4n) is 2.90. The van der Waals surface area contributed by atoms with Crippen LogP contribution in [0.5, 0.6) is 5.75 Å². The summed E-state index contributed by atoms with van der Waals surface area (Å²) in [5.41, 5.74) is 3.59. The standard InChI is InChI=1S/C24H23NO4/c1-28-20-14-11-18(12-15-20)13-16-24(27)29-17-23(26)25-22-10-6-5-9-21(22)19-7-3-2-4-8-19/h2-12,14-15H,13,16-17H2,1H3,(H,25,26). The van der Waals surface area contributed by atoms with E-state index in [0.29, 0.717) is 12.1 Å². The lowest BCUT2D eigenvalue weighted by Crippen LogP contribution is -2.21. The van der Waals surface area contributed by atoms with Crippen molar-refractivity contribution in [3.8, 4) is 16.9 Å². The van der Waals surface area contributed by atoms with Gasteiger partial charge in [0.2, 0.25) is 0 Å². The van der Waals surface area contributed by atoms with Crippen LogP contribution >= 0.6 is 0 Å². The topological polar surface area (TPSA) is 64.6 Å². The number of para-hydroxylation sites is 1. The summed E-state index contributed by atoms with van der Waals surface area (Å²) in [7, 11) is 1.61. The fraction of sp³-hybridized carbons (Fsp3) is 0.167. The third-order valence-corrected chi connectivity index (χ3v) is 4.43. The molecule has 0 radical (unpaired) electrons. The Morgan fingerprint density at radius 3 is 2.28 bits per heavy atom. The predicted molar refractivity (Wildman–Crippen MR) is 113 cm³/mol. The van der Waals surface area contributed by atoms with E-state index in [0.717, 1.165) is 22.4 Å². The number of aryl methyl sites for hydroxylation is 1. The van der Waals surface area contributed by atoms with Crippen LogP contribution in [-0.2, 0) is 20.7 Å². The number of hydrogen-bond donors (Lipinski definition) is 1. The number of carbonyl (C=O) groups excluding carboxylic acids is 2. The van der Waals surface area contributed by atoms with Gasteiger partial charge in [0.15, 0.2) is 6.61 Å². The van der Waals surface area contributed by atoms with Crippen molar-refractivity contribution in [2.75, 3.05) is 19.0 Å². The summed E-state index contributed by atoms with van der Waals surface area (Å²) in [5, 5.41) is 2.82. The number of amides is 1. The lowest BCUT2D eigenvalue weighted by molar-refractivity contribution is -0.147. The summed E-state index contributed by atoms with van der Waals surface area (Å²) in [6.07, 6.45) is 0.751.